The highest BCUT2D eigenvalue weighted by Crippen LogP contribution is 2.23. The molecule has 0 fully saturated rings. The summed E-state index contributed by atoms with van der Waals surface area (Å²) in [5.41, 5.74) is 0. The summed E-state index contributed by atoms with van der Waals surface area (Å²) in [4.78, 5) is 0. The molecule has 0 spiro atoms. The monoisotopic (exact) mass is 434 g/mol. The summed E-state index contributed by atoms with van der Waals surface area (Å²) in [5.74, 6) is 4.19. The second kappa shape index (κ2) is 33.9. The van der Waals surface area contributed by atoms with E-state index in [2.05, 4.69) is 50.5 Å². The van der Waals surface area contributed by atoms with Gasteiger partial charge < -0.3 is 0 Å². The van der Waals surface area contributed by atoms with Crippen molar-refractivity contribution in [2.24, 2.45) is 0 Å². The first-order valence-electron chi connectivity index (χ1n) is 4.52. The minimum atomic E-state index is 0. The molecule has 140 valence electrons. The molecule has 21 heavy (non-hydrogen) atoms. The fourth-order valence-electron chi connectivity index (χ4n) is 0.849. The summed E-state index contributed by atoms with van der Waals surface area (Å²) < 4.78 is 0. The van der Waals surface area contributed by atoms with Crippen molar-refractivity contribution in [2.75, 3.05) is 33.2 Å². The molecule has 2 unspecified atom stereocenters. The number of hydrogen-bond donors (Lipinski definition) is 4. The molecular weight excluding hydrogens is 393 g/mol. The van der Waals surface area contributed by atoms with Crippen LogP contribution in [0, 0.1) is 0 Å². The highest BCUT2D eigenvalue weighted by atomic mass is 32.2. The second-order valence-corrected chi connectivity index (χ2v) is 8.61. The van der Waals surface area contributed by atoms with Gasteiger partial charge in [-0.05, 0) is 0 Å². The van der Waals surface area contributed by atoms with Crippen molar-refractivity contribution in [3.05, 3.63) is 0 Å². The first kappa shape index (κ1) is 43.7. The Morgan fingerprint density at radius 2 is 0.857 bits per heavy atom. The number of rotatable bonds is 10. The topological polar surface area (TPSA) is 0 Å². The van der Waals surface area contributed by atoms with Crippen LogP contribution in [0.4, 0.5) is 0 Å². The summed E-state index contributed by atoms with van der Waals surface area (Å²) in [6.45, 7) is 0. The van der Waals surface area contributed by atoms with E-state index in [-0.39, 0.29) is 44.6 Å². The summed E-state index contributed by atoms with van der Waals surface area (Å²) in [6.07, 6.45) is 0. The van der Waals surface area contributed by atoms with Gasteiger partial charge in [0, 0.05) is 43.7 Å². The number of thioether (sulfide) groups is 3. The van der Waals surface area contributed by atoms with Gasteiger partial charge in [0.2, 0.25) is 0 Å². The van der Waals surface area contributed by atoms with Crippen molar-refractivity contribution in [1.29, 1.82) is 0 Å². The molecule has 0 saturated carbocycles. The predicted molar refractivity (Wildman–Crippen MR) is 136 cm³/mol. The molecule has 0 radical (unpaired) electrons. The van der Waals surface area contributed by atoms with Crippen LogP contribution in [0.2, 0.25) is 0 Å². The minimum absolute atomic E-state index is 0. The SMILES string of the molecule is C.C.C.C.C.C.SCSC(CS)CSCC(CS)SCS. The van der Waals surface area contributed by atoms with Crippen molar-refractivity contribution in [1.82, 2.24) is 0 Å². The molecule has 0 aliphatic carbocycles. The second-order valence-electron chi connectivity index (χ2n) is 2.74. The summed E-state index contributed by atoms with van der Waals surface area (Å²) in [7, 11) is 0. The fraction of sp³-hybridized carbons (Fsp3) is 1.00. The normalized spacial score (nSPS) is 10.9. The number of thiol groups is 4. The van der Waals surface area contributed by atoms with Crippen molar-refractivity contribution in [2.45, 2.75) is 55.1 Å². The summed E-state index contributed by atoms with van der Waals surface area (Å²) >= 11 is 22.9. The van der Waals surface area contributed by atoms with Crippen LogP contribution in [0.1, 0.15) is 44.6 Å². The molecule has 7 heteroatoms. The van der Waals surface area contributed by atoms with Crippen molar-refractivity contribution >= 4 is 85.8 Å². The highest BCUT2D eigenvalue weighted by Gasteiger charge is 2.10. The quantitative estimate of drug-likeness (QED) is 0.209. The molecule has 0 N–H and O–H groups in total. The van der Waals surface area contributed by atoms with E-state index in [4.69, 9.17) is 0 Å². The summed E-state index contributed by atoms with van der Waals surface area (Å²) in [5, 5.41) is 3.01. The Balaban J connectivity index is -0.0000000653. The van der Waals surface area contributed by atoms with E-state index < -0.39 is 0 Å². The van der Waals surface area contributed by atoms with E-state index in [0.29, 0.717) is 10.5 Å². The van der Waals surface area contributed by atoms with Crippen molar-refractivity contribution in [3.8, 4) is 0 Å². The molecule has 0 saturated heterocycles. The van der Waals surface area contributed by atoms with Crippen LogP contribution in [-0.2, 0) is 0 Å². The molecule has 0 aromatic carbocycles. The average Bonchev–Trinajstić information content (AvgIpc) is 2.26. The van der Waals surface area contributed by atoms with Gasteiger partial charge in [-0.25, -0.2) is 0 Å². The molecule has 0 aromatic heterocycles. The molecule has 2 atom stereocenters. The lowest BCUT2D eigenvalue weighted by atomic mass is 10.5. The maximum atomic E-state index is 4.34. The van der Waals surface area contributed by atoms with Crippen LogP contribution < -0.4 is 0 Å². The zero-order chi connectivity index (χ0) is 11.5. The highest BCUT2D eigenvalue weighted by molar-refractivity contribution is 8.12. The van der Waals surface area contributed by atoms with Crippen LogP contribution in [0.3, 0.4) is 0 Å². The molecule has 0 aliphatic heterocycles. The molecule has 0 aliphatic rings. The van der Waals surface area contributed by atoms with Gasteiger partial charge in [0.15, 0.2) is 0 Å². The van der Waals surface area contributed by atoms with Crippen LogP contribution in [0.15, 0.2) is 0 Å². The first-order chi connectivity index (χ1) is 7.28. The van der Waals surface area contributed by atoms with Gasteiger partial charge in [0.05, 0.1) is 0 Å². The molecule has 0 bridgehead atoms. The Kier molecular flexibility index (Phi) is 70.6. The maximum absolute atomic E-state index is 4.34. The van der Waals surface area contributed by atoms with Gasteiger partial charge in [-0.15, -0.1) is 23.5 Å². The lowest BCUT2D eigenvalue weighted by Gasteiger charge is -2.15. The fourth-order valence-corrected chi connectivity index (χ4v) is 6.23. The van der Waals surface area contributed by atoms with Crippen LogP contribution in [0.25, 0.3) is 0 Å². The zero-order valence-electron chi connectivity index (χ0n) is 8.41. The Hall–Kier alpha value is 2.45. The Morgan fingerprint density at radius 1 is 0.571 bits per heavy atom. The van der Waals surface area contributed by atoms with E-state index in [1.807, 2.05) is 35.3 Å². The van der Waals surface area contributed by atoms with Gasteiger partial charge in [-0.3, -0.25) is 0 Å². The summed E-state index contributed by atoms with van der Waals surface area (Å²) in [6, 6.07) is 0. The largest absolute Gasteiger partial charge is 0.178 e. The lowest BCUT2D eigenvalue weighted by molar-refractivity contribution is 1.12. The smallest absolute Gasteiger partial charge is 0.0365 e. The Morgan fingerprint density at radius 3 is 1.05 bits per heavy atom. The molecular formula is C14H42S7. The van der Waals surface area contributed by atoms with Gasteiger partial charge in [0.25, 0.3) is 0 Å². The van der Waals surface area contributed by atoms with Crippen LogP contribution in [-0.4, -0.2) is 43.7 Å². The van der Waals surface area contributed by atoms with Gasteiger partial charge in [-0.1, -0.05) is 44.6 Å². The van der Waals surface area contributed by atoms with E-state index in [9.17, 15) is 0 Å². The zero-order valence-corrected chi connectivity index (χ0v) is 14.4. The van der Waals surface area contributed by atoms with E-state index in [1.54, 1.807) is 0 Å². The molecule has 0 heterocycles. The minimum Gasteiger partial charge on any atom is -0.178 e. The lowest BCUT2D eigenvalue weighted by Crippen LogP contribution is -2.13. The third-order valence-corrected chi connectivity index (χ3v) is 7.51. The van der Waals surface area contributed by atoms with Crippen molar-refractivity contribution < 1.29 is 0 Å². The van der Waals surface area contributed by atoms with E-state index in [1.165, 1.54) is 0 Å². The standard InChI is InChI=1S/C8H18S7.6CH4/c9-1-7(14-5-11)3-13-4-8(2-10)15-6-12;;;;;;/h7-12H,1-6H2;6*1H4. The third-order valence-electron chi connectivity index (χ3n) is 1.64. The predicted octanol–water partition coefficient (Wildman–Crippen LogP) is 7.37. The Labute approximate surface area is 173 Å². The molecule has 0 rings (SSSR count). The molecule has 0 nitrogen and oxygen atoms in total. The Bertz CT molecular complexity index is 122. The van der Waals surface area contributed by atoms with Gasteiger partial charge >= 0.3 is 0 Å². The van der Waals surface area contributed by atoms with Crippen molar-refractivity contribution in [3.63, 3.8) is 0 Å². The van der Waals surface area contributed by atoms with Crippen LogP contribution >= 0.6 is 85.8 Å². The van der Waals surface area contributed by atoms with E-state index >= 15 is 0 Å². The molecule has 0 amide bonds. The average molecular weight is 435 g/mol. The molecule has 0 aromatic rings. The third kappa shape index (κ3) is 27.6. The van der Waals surface area contributed by atoms with Gasteiger partial charge in [-0.2, -0.15) is 62.3 Å². The van der Waals surface area contributed by atoms with Gasteiger partial charge in [0.1, 0.15) is 0 Å². The van der Waals surface area contributed by atoms with E-state index in [0.717, 1.165) is 33.2 Å². The van der Waals surface area contributed by atoms with Crippen LogP contribution in [0.5, 0.6) is 0 Å². The number of hydrogen-bond acceptors (Lipinski definition) is 7. The maximum Gasteiger partial charge on any atom is 0.0365 e. The first-order valence-corrected chi connectivity index (χ1v) is 10.3.